The van der Waals surface area contributed by atoms with Crippen molar-refractivity contribution in [2.45, 2.75) is 25.4 Å². The number of aliphatic hydroxyl groups excluding tert-OH is 1. The molecule has 0 aliphatic rings. The summed E-state index contributed by atoms with van der Waals surface area (Å²) >= 11 is 0. The van der Waals surface area contributed by atoms with Crippen molar-refractivity contribution in [2.24, 2.45) is 0 Å². The van der Waals surface area contributed by atoms with Gasteiger partial charge in [0, 0.05) is 5.92 Å². The summed E-state index contributed by atoms with van der Waals surface area (Å²) in [6, 6.07) is 19.2. The zero-order chi connectivity index (χ0) is 15.1. The maximum absolute atomic E-state index is 10.7. The molecule has 2 aromatic carbocycles. The molecule has 0 radical (unpaired) electrons. The lowest BCUT2D eigenvalue weighted by Crippen LogP contribution is -2.09. The van der Waals surface area contributed by atoms with Crippen LogP contribution in [0.5, 0.6) is 0 Å². The summed E-state index contributed by atoms with van der Waals surface area (Å²) in [5.74, 6) is -0.0842. The zero-order valence-corrected chi connectivity index (χ0v) is 12.1. The molecule has 0 aromatic heterocycles. The van der Waals surface area contributed by atoms with E-state index in [0.717, 1.165) is 17.5 Å². The molecule has 2 nitrogen and oxygen atoms in total. The van der Waals surface area contributed by atoms with Gasteiger partial charge in [-0.2, -0.15) is 5.26 Å². The van der Waals surface area contributed by atoms with Crippen LogP contribution >= 0.6 is 0 Å². The van der Waals surface area contributed by atoms with E-state index in [1.807, 2.05) is 42.5 Å². The Hall–Kier alpha value is -2.37. The van der Waals surface area contributed by atoms with E-state index >= 15 is 0 Å². The number of benzene rings is 2. The van der Waals surface area contributed by atoms with Gasteiger partial charge in [0.1, 0.15) is 0 Å². The molecule has 0 spiro atoms. The molecule has 0 fully saturated rings. The monoisotopic (exact) mass is 277 g/mol. The highest BCUT2D eigenvalue weighted by atomic mass is 16.3. The summed E-state index contributed by atoms with van der Waals surface area (Å²) in [6.07, 6.45) is 4.44. The van der Waals surface area contributed by atoms with Crippen molar-refractivity contribution in [2.75, 3.05) is 0 Å². The van der Waals surface area contributed by atoms with E-state index in [-0.39, 0.29) is 5.92 Å². The van der Waals surface area contributed by atoms with Crippen molar-refractivity contribution in [3.8, 4) is 6.07 Å². The van der Waals surface area contributed by atoms with Gasteiger partial charge in [-0.15, -0.1) is 0 Å². The van der Waals surface area contributed by atoms with Crippen molar-refractivity contribution in [3.05, 3.63) is 83.4 Å². The van der Waals surface area contributed by atoms with Gasteiger partial charge in [0.2, 0.25) is 0 Å². The molecule has 1 N–H and O–H groups in total. The molecule has 2 aromatic rings. The van der Waals surface area contributed by atoms with Crippen molar-refractivity contribution >= 4 is 0 Å². The highest BCUT2D eigenvalue weighted by Crippen LogP contribution is 2.32. The SMILES string of the molecule is CCC=C[C@H](c1ccccc1)[C@H](O)c1ccc(C#N)cc1. The Kier molecular flexibility index (Phi) is 5.31. The number of allylic oxidation sites excluding steroid dienone is 1. The van der Waals surface area contributed by atoms with Gasteiger partial charge in [-0.3, -0.25) is 0 Å². The van der Waals surface area contributed by atoms with Gasteiger partial charge in [-0.05, 0) is 29.7 Å². The van der Waals surface area contributed by atoms with E-state index < -0.39 is 6.10 Å². The van der Waals surface area contributed by atoms with Crippen LogP contribution in [0.4, 0.5) is 0 Å². The van der Waals surface area contributed by atoms with Crippen LogP contribution in [0, 0.1) is 11.3 Å². The lowest BCUT2D eigenvalue weighted by Gasteiger charge is -2.21. The van der Waals surface area contributed by atoms with Crippen LogP contribution in [-0.4, -0.2) is 5.11 Å². The minimum atomic E-state index is -0.622. The Bertz CT molecular complexity index is 623. The molecule has 106 valence electrons. The Morgan fingerprint density at radius 3 is 2.29 bits per heavy atom. The van der Waals surface area contributed by atoms with Gasteiger partial charge in [-0.1, -0.05) is 61.5 Å². The third-order valence-electron chi connectivity index (χ3n) is 3.49. The van der Waals surface area contributed by atoms with Gasteiger partial charge in [0.25, 0.3) is 0 Å². The van der Waals surface area contributed by atoms with Gasteiger partial charge in [0.15, 0.2) is 0 Å². The van der Waals surface area contributed by atoms with Crippen molar-refractivity contribution in [1.29, 1.82) is 5.26 Å². The van der Waals surface area contributed by atoms with Gasteiger partial charge < -0.3 is 5.11 Å². The van der Waals surface area contributed by atoms with Crippen molar-refractivity contribution in [3.63, 3.8) is 0 Å². The van der Waals surface area contributed by atoms with Crippen LogP contribution in [0.3, 0.4) is 0 Å². The summed E-state index contributed by atoms with van der Waals surface area (Å²) in [4.78, 5) is 0. The molecule has 0 amide bonds. The summed E-state index contributed by atoms with van der Waals surface area (Å²) in [6.45, 7) is 2.08. The van der Waals surface area contributed by atoms with Crippen LogP contribution in [-0.2, 0) is 0 Å². The minimum absolute atomic E-state index is 0.0842. The molecule has 21 heavy (non-hydrogen) atoms. The lowest BCUT2D eigenvalue weighted by molar-refractivity contribution is 0.161. The first kappa shape index (κ1) is 15.0. The average molecular weight is 277 g/mol. The van der Waals surface area contributed by atoms with Crippen LogP contribution in [0.15, 0.2) is 66.7 Å². The second-order valence-electron chi connectivity index (χ2n) is 4.95. The van der Waals surface area contributed by atoms with Crippen LogP contribution < -0.4 is 0 Å². The first-order valence-corrected chi connectivity index (χ1v) is 7.16. The predicted octanol–water partition coefficient (Wildman–Crippen LogP) is 4.34. The Balaban J connectivity index is 2.31. The molecule has 0 heterocycles. The van der Waals surface area contributed by atoms with Crippen molar-refractivity contribution in [1.82, 2.24) is 0 Å². The largest absolute Gasteiger partial charge is 0.387 e. The fourth-order valence-corrected chi connectivity index (χ4v) is 2.32. The predicted molar refractivity (Wildman–Crippen MR) is 84.7 cm³/mol. The van der Waals surface area contributed by atoms with Gasteiger partial charge in [-0.25, -0.2) is 0 Å². The van der Waals surface area contributed by atoms with E-state index in [9.17, 15) is 5.11 Å². The molecule has 0 aliphatic heterocycles. The molecule has 2 atom stereocenters. The smallest absolute Gasteiger partial charge is 0.0991 e. The van der Waals surface area contributed by atoms with Crippen LogP contribution in [0.2, 0.25) is 0 Å². The van der Waals surface area contributed by atoms with E-state index in [4.69, 9.17) is 5.26 Å². The fourth-order valence-electron chi connectivity index (χ4n) is 2.32. The number of rotatable bonds is 5. The van der Waals surface area contributed by atoms with Gasteiger partial charge >= 0.3 is 0 Å². The molecule has 0 bridgehead atoms. The molecule has 0 unspecified atom stereocenters. The third kappa shape index (κ3) is 3.81. The summed E-state index contributed by atoms with van der Waals surface area (Å²) in [5.41, 5.74) is 2.51. The second-order valence-corrected chi connectivity index (χ2v) is 4.95. The van der Waals surface area contributed by atoms with Gasteiger partial charge in [0.05, 0.1) is 17.7 Å². The highest BCUT2D eigenvalue weighted by molar-refractivity contribution is 5.35. The minimum Gasteiger partial charge on any atom is -0.387 e. The lowest BCUT2D eigenvalue weighted by atomic mass is 9.88. The standard InChI is InChI=1S/C19H19NO/c1-2-3-9-18(16-7-5-4-6-8-16)19(21)17-12-10-15(14-20)11-13-17/h3-13,18-19,21H,2H2,1H3/t18-,19-/m1/s1. The first-order valence-electron chi connectivity index (χ1n) is 7.16. The van der Waals surface area contributed by atoms with E-state index in [2.05, 4.69) is 25.1 Å². The molecule has 0 saturated heterocycles. The second kappa shape index (κ2) is 7.42. The number of hydrogen-bond donors (Lipinski definition) is 1. The Morgan fingerprint density at radius 2 is 1.71 bits per heavy atom. The van der Waals surface area contributed by atoms with E-state index in [1.54, 1.807) is 12.1 Å². The number of hydrogen-bond acceptors (Lipinski definition) is 2. The topological polar surface area (TPSA) is 44.0 Å². The summed E-state index contributed by atoms with van der Waals surface area (Å²) in [5, 5.41) is 19.5. The molecule has 2 rings (SSSR count). The summed E-state index contributed by atoms with van der Waals surface area (Å²) < 4.78 is 0. The fraction of sp³-hybridized carbons (Fsp3) is 0.211. The molecule has 2 heteroatoms. The maximum atomic E-state index is 10.7. The van der Waals surface area contributed by atoms with Crippen LogP contribution in [0.1, 0.15) is 42.1 Å². The first-order chi connectivity index (χ1) is 10.3. The van der Waals surface area contributed by atoms with Crippen LogP contribution in [0.25, 0.3) is 0 Å². The highest BCUT2D eigenvalue weighted by Gasteiger charge is 2.20. The maximum Gasteiger partial charge on any atom is 0.0991 e. The molecule has 0 saturated carbocycles. The Labute approximate surface area is 126 Å². The normalized spacial score (nSPS) is 13.8. The number of nitriles is 1. The number of nitrogens with zero attached hydrogens (tertiary/aromatic N) is 1. The molecular weight excluding hydrogens is 258 g/mol. The molecule has 0 aliphatic carbocycles. The van der Waals surface area contributed by atoms with Crippen molar-refractivity contribution < 1.29 is 5.11 Å². The van der Waals surface area contributed by atoms with E-state index in [0.29, 0.717) is 5.56 Å². The number of aliphatic hydroxyl groups is 1. The quantitative estimate of drug-likeness (QED) is 0.826. The third-order valence-corrected chi connectivity index (χ3v) is 3.49. The average Bonchev–Trinajstić information content (AvgIpc) is 2.56. The summed E-state index contributed by atoms with van der Waals surface area (Å²) in [7, 11) is 0. The van der Waals surface area contributed by atoms with E-state index in [1.165, 1.54) is 0 Å². The Morgan fingerprint density at radius 1 is 1.05 bits per heavy atom. The zero-order valence-electron chi connectivity index (χ0n) is 12.1. The molecular formula is C19H19NO.